The molecule has 3 aromatic rings. The lowest BCUT2D eigenvalue weighted by atomic mass is 9.93. The van der Waals surface area contributed by atoms with E-state index in [1.165, 1.54) is 16.1 Å². The molecule has 198 valence electrons. The average Bonchev–Trinajstić information content (AvgIpc) is 3.45. The molecule has 0 atom stereocenters. The van der Waals surface area contributed by atoms with E-state index in [4.69, 9.17) is 9.72 Å². The number of halogens is 2. The molecule has 8 heteroatoms. The highest BCUT2D eigenvalue weighted by molar-refractivity contribution is 7.15. The van der Waals surface area contributed by atoms with Crippen LogP contribution >= 0.6 is 11.3 Å². The van der Waals surface area contributed by atoms with E-state index in [-0.39, 0.29) is 19.6 Å². The molecule has 1 saturated heterocycles. The van der Waals surface area contributed by atoms with Gasteiger partial charge in [-0.3, -0.25) is 9.80 Å². The Morgan fingerprint density at radius 3 is 2.51 bits per heavy atom. The summed E-state index contributed by atoms with van der Waals surface area (Å²) in [7, 11) is 0. The summed E-state index contributed by atoms with van der Waals surface area (Å²) in [6.07, 6.45) is 1.60. The standard InChI is InChI=1S/C29H35F2N3O2S/c1-20-22(6-3-8-24(20)28-32-25-10-13-33(15-16-35)18-27(25)37-28)23-7-4-9-26(21(23)2)36-17-5-12-34-14-11-29(30,31)19-34/h3-4,6-9,35H,5,10-19H2,1-2H3. The molecule has 0 spiro atoms. The Morgan fingerprint density at radius 1 is 1.00 bits per heavy atom. The summed E-state index contributed by atoms with van der Waals surface area (Å²) in [4.78, 5) is 10.4. The highest BCUT2D eigenvalue weighted by Gasteiger charge is 2.37. The van der Waals surface area contributed by atoms with Gasteiger partial charge >= 0.3 is 0 Å². The molecular weight excluding hydrogens is 492 g/mol. The Labute approximate surface area is 221 Å². The number of aliphatic hydroxyl groups excluding tert-OH is 1. The van der Waals surface area contributed by atoms with Crippen LogP contribution in [0.5, 0.6) is 5.75 Å². The Balaban J connectivity index is 1.30. The van der Waals surface area contributed by atoms with E-state index in [1.54, 1.807) is 11.3 Å². The van der Waals surface area contributed by atoms with Crippen LogP contribution in [0.25, 0.3) is 21.7 Å². The number of benzene rings is 2. The zero-order valence-corrected chi connectivity index (χ0v) is 22.4. The third-order valence-corrected chi connectivity index (χ3v) is 8.61. The van der Waals surface area contributed by atoms with E-state index in [0.717, 1.165) is 58.9 Å². The summed E-state index contributed by atoms with van der Waals surface area (Å²) in [5.41, 5.74) is 6.90. The quantitative estimate of drug-likeness (QED) is 0.370. The van der Waals surface area contributed by atoms with Crippen LogP contribution in [0.15, 0.2) is 36.4 Å². The van der Waals surface area contributed by atoms with Gasteiger partial charge in [-0.15, -0.1) is 11.3 Å². The van der Waals surface area contributed by atoms with Crippen molar-refractivity contribution in [2.75, 3.05) is 45.9 Å². The van der Waals surface area contributed by atoms with Crippen molar-refractivity contribution in [2.24, 2.45) is 0 Å². The Morgan fingerprint density at radius 2 is 1.76 bits per heavy atom. The van der Waals surface area contributed by atoms with E-state index in [0.29, 0.717) is 26.2 Å². The van der Waals surface area contributed by atoms with Gasteiger partial charge in [0.15, 0.2) is 0 Å². The highest BCUT2D eigenvalue weighted by Crippen LogP contribution is 2.39. The largest absolute Gasteiger partial charge is 0.493 e. The minimum absolute atomic E-state index is 0.0425. The molecular formula is C29H35F2N3O2S. The van der Waals surface area contributed by atoms with Crippen LogP contribution in [0.4, 0.5) is 8.78 Å². The number of ether oxygens (including phenoxy) is 1. The maximum Gasteiger partial charge on any atom is 0.261 e. The zero-order valence-electron chi connectivity index (χ0n) is 21.6. The van der Waals surface area contributed by atoms with Crippen LogP contribution in [0.3, 0.4) is 0 Å². The van der Waals surface area contributed by atoms with E-state index in [2.05, 4.69) is 43.0 Å². The van der Waals surface area contributed by atoms with Crippen molar-refractivity contribution in [3.05, 3.63) is 58.1 Å². The zero-order chi connectivity index (χ0) is 26.0. The predicted octanol–water partition coefficient (Wildman–Crippen LogP) is 5.55. The Bertz CT molecular complexity index is 1250. The van der Waals surface area contributed by atoms with Gasteiger partial charge in [0.1, 0.15) is 10.8 Å². The summed E-state index contributed by atoms with van der Waals surface area (Å²) in [6, 6.07) is 12.5. The van der Waals surface area contributed by atoms with Gasteiger partial charge in [0.25, 0.3) is 5.92 Å². The number of nitrogens with zero attached hydrogens (tertiary/aromatic N) is 3. The van der Waals surface area contributed by atoms with Gasteiger partial charge in [-0.05, 0) is 48.6 Å². The fourth-order valence-electron chi connectivity index (χ4n) is 5.39. The molecule has 0 aliphatic carbocycles. The van der Waals surface area contributed by atoms with Crippen LogP contribution < -0.4 is 4.74 Å². The third-order valence-electron chi connectivity index (χ3n) is 7.49. The first kappa shape index (κ1) is 26.2. The molecule has 2 aliphatic rings. The van der Waals surface area contributed by atoms with Crippen LogP contribution in [0.1, 0.15) is 34.5 Å². The van der Waals surface area contributed by atoms with E-state index < -0.39 is 5.92 Å². The summed E-state index contributed by atoms with van der Waals surface area (Å²) in [6.45, 7) is 8.36. The van der Waals surface area contributed by atoms with Crippen LogP contribution in [-0.2, 0) is 13.0 Å². The molecule has 0 unspecified atom stereocenters. The van der Waals surface area contributed by atoms with Gasteiger partial charge in [0.05, 0.1) is 25.5 Å². The van der Waals surface area contributed by atoms with Crippen molar-refractivity contribution in [1.82, 2.24) is 14.8 Å². The van der Waals surface area contributed by atoms with Crippen LogP contribution in [-0.4, -0.2) is 71.8 Å². The number of fused-ring (bicyclic) bond motifs is 1. The lowest BCUT2D eigenvalue weighted by molar-refractivity contribution is 0.0118. The number of hydrogen-bond donors (Lipinski definition) is 1. The molecule has 0 saturated carbocycles. The molecule has 5 rings (SSSR count). The van der Waals surface area contributed by atoms with E-state index in [1.807, 2.05) is 17.0 Å². The first-order valence-electron chi connectivity index (χ1n) is 13.1. The van der Waals surface area contributed by atoms with Crippen molar-refractivity contribution in [1.29, 1.82) is 0 Å². The molecule has 3 heterocycles. The predicted molar refractivity (Wildman–Crippen MR) is 145 cm³/mol. The number of likely N-dealkylation sites (tertiary alicyclic amines) is 1. The number of thiazole rings is 1. The minimum atomic E-state index is -2.55. The van der Waals surface area contributed by atoms with Gasteiger partial charge in [0, 0.05) is 56.0 Å². The van der Waals surface area contributed by atoms with Gasteiger partial charge < -0.3 is 9.84 Å². The molecule has 1 fully saturated rings. The second kappa shape index (κ2) is 11.2. The molecule has 37 heavy (non-hydrogen) atoms. The summed E-state index contributed by atoms with van der Waals surface area (Å²) in [5, 5.41) is 10.3. The van der Waals surface area contributed by atoms with Crippen molar-refractivity contribution in [3.8, 4) is 27.4 Å². The van der Waals surface area contributed by atoms with Crippen molar-refractivity contribution < 1.29 is 18.6 Å². The maximum absolute atomic E-state index is 13.4. The first-order chi connectivity index (χ1) is 17.8. The molecule has 5 nitrogen and oxygen atoms in total. The molecule has 0 amide bonds. The molecule has 1 aromatic heterocycles. The summed E-state index contributed by atoms with van der Waals surface area (Å²) in [5.74, 6) is -1.71. The third kappa shape index (κ3) is 5.87. The highest BCUT2D eigenvalue weighted by atomic mass is 32.1. The SMILES string of the molecule is Cc1c(OCCCN2CCC(F)(F)C2)cccc1-c1cccc(-c2nc3c(s2)CN(CCO)CC3)c1C. The number of aromatic nitrogens is 1. The number of alkyl halides is 2. The summed E-state index contributed by atoms with van der Waals surface area (Å²) >= 11 is 1.76. The smallest absolute Gasteiger partial charge is 0.261 e. The van der Waals surface area contributed by atoms with Crippen molar-refractivity contribution >= 4 is 11.3 Å². The molecule has 0 radical (unpaired) electrons. The Hall–Kier alpha value is -2.39. The first-order valence-corrected chi connectivity index (χ1v) is 13.9. The minimum Gasteiger partial charge on any atom is -0.493 e. The Kier molecular flexibility index (Phi) is 7.91. The lowest BCUT2D eigenvalue weighted by Crippen LogP contribution is -2.32. The van der Waals surface area contributed by atoms with Crippen molar-refractivity contribution in [3.63, 3.8) is 0 Å². The summed E-state index contributed by atoms with van der Waals surface area (Å²) < 4.78 is 32.9. The topological polar surface area (TPSA) is 48.8 Å². The van der Waals surface area contributed by atoms with Crippen LogP contribution in [0, 0.1) is 13.8 Å². The molecule has 2 aromatic carbocycles. The normalized spacial score (nSPS) is 17.8. The fraction of sp³-hybridized carbons (Fsp3) is 0.483. The van der Waals surface area contributed by atoms with Crippen LogP contribution in [0.2, 0.25) is 0 Å². The van der Waals surface area contributed by atoms with Gasteiger partial charge in [-0.2, -0.15) is 0 Å². The number of aliphatic hydroxyl groups is 1. The lowest BCUT2D eigenvalue weighted by Gasteiger charge is -2.24. The van der Waals surface area contributed by atoms with E-state index in [9.17, 15) is 13.9 Å². The maximum atomic E-state index is 13.4. The monoisotopic (exact) mass is 527 g/mol. The van der Waals surface area contributed by atoms with E-state index >= 15 is 0 Å². The molecule has 1 N–H and O–H groups in total. The van der Waals surface area contributed by atoms with Gasteiger partial charge in [0.2, 0.25) is 0 Å². The van der Waals surface area contributed by atoms with Crippen molar-refractivity contribution in [2.45, 2.75) is 45.6 Å². The van der Waals surface area contributed by atoms with Gasteiger partial charge in [-0.1, -0.05) is 30.3 Å². The average molecular weight is 528 g/mol. The molecule has 0 bridgehead atoms. The second-order valence-corrected chi connectivity index (χ2v) is 11.2. The number of hydrogen-bond acceptors (Lipinski definition) is 6. The number of β-amino-alcohol motifs (C(OH)–C–C–N with tert-alkyl or cyclic N) is 1. The molecule has 2 aliphatic heterocycles. The second-order valence-electron chi connectivity index (χ2n) is 10.1. The fourth-order valence-corrected chi connectivity index (χ4v) is 6.62. The van der Waals surface area contributed by atoms with Gasteiger partial charge in [-0.25, -0.2) is 13.8 Å². The number of rotatable bonds is 9.